The second kappa shape index (κ2) is 6.87. The number of ether oxygens (including phenoxy) is 2. The second-order valence-corrected chi connectivity index (χ2v) is 5.59. The van der Waals surface area contributed by atoms with Crippen LogP contribution in [0.25, 0.3) is 0 Å². The standard InChI is InChI=1S/C12H20N4O3S/c1-16(8-3-5-19-7-8)11(17)9-10(13)15-12(20-9)14-4-6-18-2/h8H,3-7,13H2,1-2H3,(H,14,15). The van der Waals surface area contributed by atoms with Crippen LogP contribution in [0.2, 0.25) is 0 Å². The molecule has 0 spiro atoms. The fraction of sp³-hybridized carbons (Fsp3) is 0.667. The molecule has 1 aromatic rings. The third kappa shape index (κ3) is 3.38. The molecule has 1 unspecified atom stereocenters. The first-order valence-electron chi connectivity index (χ1n) is 6.47. The minimum atomic E-state index is -0.102. The summed E-state index contributed by atoms with van der Waals surface area (Å²) in [6.07, 6.45) is 0.861. The topological polar surface area (TPSA) is 89.7 Å². The van der Waals surface area contributed by atoms with E-state index in [-0.39, 0.29) is 17.8 Å². The summed E-state index contributed by atoms with van der Waals surface area (Å²) < 4.78 is 10.2. The molecule has 0 radical (unpaired) electrons. The summed E-state index contributed by atoms with van der Waals surface area (Å²) in [5.41, 5.74) is 5.83. The van der Waals surface area contributed by atoms with Crippen molar-refractivity contribution in [2.24, 2.45) is 0 Å². The third-order valence-corrected chi connectivity index (χ3v) is 4.22. The molecule has 1 saturated heterocycles. The molecule has 112 valence electrons. The summed E-state index contributed by atoms with van der Waals surface area (Å²) in [5.74, 6) is 0.168. The van der Waals surface area contributed by atoms with E-state index in [4.69, 9.17) is 15.2 Å². The average Bonchev–Trinajstić information content (AvgIpc) is 3.07. The van der Waals surface area contributed by atoms with E-state index in [2.05, 4.69) is 10.3 Å². The van der Waals surface area contributed by atoms with Gasteiger partial charge in [0.25, 0.3) is 5.91 Å². The van der Waals surface area contributed by atoms with Crippen molar-refractivity contribution in [2.45, 2.75) is 12.5 Å². The molecule has 0 aliphatic carbocycles. The first-order chi connectivity index (χ1) is 9.63. The van der Waals surface area contributed by atoms with E-state index in [0.29, 0.717) is 36.4 Å². The molecule has 0 saturated carbocycles. The van der Waals surface area contributed by atoms with Gasteiger partial charge >= 0.3 is 0 Å². The number of nitrogens with one attached hydrogen (secondary N) is 1. The number of hydrogen-bond acceptors (Lipinski definition) is 7. The Labute approximate surface area is 122 Å². The molecular formula is C12H20N4O3S. The van der Waals surface area contributed by atoms with Crippen molar-refractivity contribution in [3.05, 3.63) is 4.88 Å². The quantitative estimate of drug-likeness (QED) is 0.750. The van der Waals surface area contributed by atoms with Gasteiger partial charge < -0.3 is 25.4 Å². The number of rotatable bonds is 6. The van der Waals surface area contributed by atoms with Crippen LogP contribution in [0.4, 0.5) is 10.9 Å². The van der Waals surface area contributed by atoms with Crippen molar-refractivity contribution in [1.82, 2.24) is 9.88 Å². The van der Waals surface area contributed by atoms with Crippen molar-refractivity contribution < 1.29 is 14.3 Å². The van der Waals surface area contributed by atoms with Crippen LogP contribution in [0.1, 0.15) is 16.1 Å². The van der Waals surface area contributed by atoms with E-state index in [0.717, 1.165) is 6.42 Å². The van der Waals surface area contributed by atoms with Crippen molar-refractivity contribution in [3.63, 3.8) is 0 Å². The molecule has 1 aliphatic heterocycles. The molecule has 20 heavy (non-hydrogen) atoms. The van der Waals surface area contributed by atoms with Gasteiger partial charge in [0, 0.05) is 27.3 Å². The van der Waals surface area contributed by atoms with Crippen LogP contribution in [-0.2, 0) is 9.47 Å². The Hall–Kier alpha value is -1.38. The molecule has 1 aliphatic rings. The number of anilines is 2. The summed E-state index contributed by atoms with van der Waals surface area (Å²) >= 11 is 1.27. The van der Waals surface area contributed by atoms with Gasteiger partial charge in [-0.15, -0.1) is 0 Å². The molecule has 0 bridgehead atoms. The number of nitrogens with zero attached hydrogens (tertiary/aromatic N) is 2. The van der Waals surface area contributed by atoms with Gasteiger partial charge in [0.1, 0.15) is 10.7 Å². The van der Waals surface area contributed by atoms with Crippen LogP contribution in [0, 0.1) is 0 Å². The molecule has 2 heterocycles. The highest BCUT2D eigenvalue weighted by atomic mass is 32.1. The highest BCUT2D eigenvalue weighted by Crippen LogP contribution is 2.27. The van der Waals surface area contributed by atoms with Crippen molar-refractivity contribution in [1.29, 1.82) is 0 Å². The molecule has 7 nitrogen and oxygen atoms in total. The van der Waals surface area contributed by atoms with Crippen molar-refractivity contribution in [2.75, 3.05) is 51.6 Å². The normalized spacial score (nSPS) is 18.2. The summed E-state index contributed by atoms with van der Waals surface area (Å²) in [7, 11) is 3.41. The lowest BCUT2D eigenvalue weighted by atomic mass is 10.2. The molecule has 1 amide bonds. The van der Waals surface area contributed by atoms with Crippen molar-refractivity contribution in [3.8, 4) is 0 Å². The lowest BCUT2D eigenvalue weighted by Gasteiger charge is -2.22. The Kier molecular flexibility index (Phi) is 5.16. The number of thiazole rings is 1. The molecule has 1 aromatic heterocycles. The maximum absolute atomic E-state index is 12.4. The molecular weight excluding hydrogens is 280 g/mol. The lowest BCUT2D eigenvalue weighted by molar-refractivity contribution is 0.0717. The van der Waals surface area contributed by atoms with E-state index in [1.807, 2.05) is 0 Å². The van der Waals surface area contributed by atoms with E-state index in [9.17, 15) is 4.79 Å². The third-order valence-electron chi connectivity index (χ3n) is 3.20. The maximum Gasteiger partial charge on any atom is 0.267 e. The maximum atomic E-state index is 12.4. The average molecular weight is 300 g/mol. The molecule has 1 atom stereocenters. The predicted molar refractivity (Wildman–Crippen MR) is 78.2 cm³/mol. The largest absolute Gasteiger partial charge is 0.383 e. The van der Waals surface area contributed by atoms with Crippen LogP contribution in [-0.4, -0.2) is 62.4 Å². The zero-order valence-electron chi connectivity index (χ0n) is 11.7. The van der Waals surface area contributed by atoms with Crippen LogP contribution < -0.4 is 11.1 Å². The minimum absolute atomic E-state index is 0.102. The number of hydrogen-bond donors (Lipinski definition) is 2. The molecule has 8 heteroatoms. The summed E-state index contributed by atoms with van der Waals surface area (Å²) in [4.78, 5) is 18.7. The van der Waals surface area contributed by atoms with Gasteiger partial charge in [-0.3, -0.25) is 4.79 Å². The van der Waals surface area contributed by atoms with Gasteiger partial charge in [-0.2, -0.15) is 0 Å². The second-order valence-electron chi connectivity index (χ2n) is 4.59. The van der Waals surface area contributed by atoms with Gasteiger partial charge in [0.05, 0.1) is 19.3 Å². The van der Waals surface area contributed by atoms with E-state index in [1.165, 1.54) is 11.3 Å². The highest BCUT2D eigenvalue weighted by molar-refractivity contribution is 7.18. The van der Waals surface area contributed by atoms with Crippen LogP contribution >= 0.6 is 11.3 Å². The molecule has 0 aromatic carbocycles. The number of carbonyl (C=O) groups excluding carboxylic acids is 1. The SMILES string of the molecule is COCCNc1nc(N)c(C(=O)N(C)C2CCOC2)s1. The van der Waals surface area contributed by atoms with Gasteiger partial charge in [0.2, 0.25) is 0 Å². The Bertz CT molecular complexity index is 460. The lowest BCUT2D eigenvalue weighted by Crippen LogP contribution is -2.37. The number of amides is 1. The number of methoxy groups -OCH3 is 1. The Morgan fingerprint density at radius 2 is 2.50 bits per heavy atom. The number of nitrogen functional groups attached to an aromatic ring is 1. The van der Waals surface area contributed by atoms with Crippen LogP contribution in [0.15, 0.2) is 0 Å². The molecule has 2 rings (SSSR count). The van der Waals surface area contributed by atoms with Gasteiger partial charge in [-0.05, 0) is 6.42 Å². The van der Waals surface area contributed by atoms with Crippen LogP contribution in [0.3, 0.4) is 0 Å². The number of likely N-dealkylation sites (N-methyl/N-ethyl adjacent to an activating group) is 1. The summed E-state index contributed by atoms with van der Waals surface area (Å²) in [6, 6.07) is 0.119. The molecule has 1 fully saturated rings. The van der Waals surface area contributed by atoms with Crippen LogP contribution in [0.5, 0.6) is 0 Å². The Balaban J connectivity index is 2.01. The first kappa shape index (κ1) is 15.0. The van der Waals surface area contributed by atoms with Gasteiger partial charge in [-0.1, -0.05) is 11.3 Å². The predicted octanol–water partition coefficient (Wildman–Crippen LogP) is 0.645. The fourth-order valence-corrected chi connectivity index (χ4v) is 2.87. The zero-order valence-corrected chi connectivity index (χ0v) is 12.5. The molecule has 3 N–H and O–H groups in total. The summed E-state index contributed by atoms with van der Waals surface area (Å²) in [6.45, 7) is 2.48. The summed E-state index contributed by atoms with van der Waals surface area (Å²) in [5, 5.41) is 3.72. The first-order valence-corrected chi connectivity index (χ1v) is 7.29. The Morgan fingerprint density at radius 3 is 3.15 bits per heavy atom. The minimum Gasteiger partial charge on any atom is -0.383 e. The van der Waals surface area contributed by atoms with Crippen molar-refractivity contribution >= 4 is 28.2 Å². The highest BCUT2D eigenvalue weighted by Gasteiger charge is 2.27. The monoisotopic (exact) mass is 300 g/mol. The van der Waals surface area contributed by atoms with Gasteiger partial charge in [-0.25, -0.2) is 4.98 Å². The zero-order chi connectivity index (χ0) is 14.5. The smallest absolute Gasteiger partial charge is 0.267 e. The Morgan fingerprint density at radius 1 is 1.70 bits per heavy atom. The van der Waals surface area contributed by atoms with E-state index in [1.54, 1.807) is 19.1 Å². The number of nitrogens with two attached hydrogens (primary N) is 1. The number of aromatic nitrogens is 1. The fourth-order valence-electron chi connectivity index (χ4n) is 1.97. The number of carbonyl (C=O) groups is 1. The van der Waals surface area contributed by atoms with E-state index < -0.39 is 0 Å². The van der Waals surface area contributed by atoms with E-state index >= 15 is 0 Å². The van der Waals surface area contributed by atoms with Gasteiger partial charge in [0.15, 0.2) is 5.13 Å².